The van der Waals surface area contributed by atoms with Gasteiger partial charge in [-0.3, -0.25) is 14.4 Å². The van der Waals surface area contributed by atoms with Crippen LogP contribution in [0.25, 0.3) is 0 Å². The second-order valence-corrected chi connectivity index (χ2v) is 27.6. The van der Waals surface area contributed by atoms with Gasteiger partial charge in [-0.1, -0.05) is 161 Å². The second kappa shape index (κ2) is 22.6. The first-order valence-electron chi connectivity index (χ1n) is 27.2. The number of carbonyl (C=O) groups is 3. The van der Waals surface area contributed by atoms with Crippen LogP contribution in [0.15, 0.2) is 50.8 Å². The van der Waals surface area contributed by atoms with E-state index in [2.05, 4.69) is 0 Å². The van der Waals surface area contributed by atoms with Gasteiger partial charge in [0.15, 0.2) is 17.3 Å². The summed E-state index contributed by atoms with van der Waals surface area (Å²) in [6.07, 6.45) is 2.41. The number of hydrogen-bond acceptors (Lipinski definition) is 9. The van der Waals surface area contributed by atoms with Gasteiger partial charge < -0.3 is 15.3 Å². The van der Waals surface area contributed by atoms with Crippen molar-refractivity contribution < 1.29 is 29.7 Å². The monoisotopic (exact) mass is 1040 g/mol. The zero-order valence-corrected chi connectivity index (χ0v) is 49.7. The van der Waals surface area contributed by atoms with E-state index in [1.165, 1.54) is 20.8 Å². The summed E-state index contributed by atoms with van der Waals surface area (Å²) in [5.41, 5.74) is 2.08. The summed E-state index contributed by atoms with van der Waals surface area (Å²) in [5, 5.41) is 33.9. The topological polar surface area (TPSA) is 178 Å². The number of Topliss-reactive ketones (excluding diaryl/α,β-unsaturated/α-hetero) is 3. The Morgan fingerprint density at radius 3 is 0.667 bits per heavy atom. The van der Waals surface area contributed by atoms with Gasteiger partial charge in [-0.2, -0.15) is 0 Å². The minimum absolute atomic E-state index is 0.0258. The molecule has 4 rings (SSSR count). The zero-order valence-electron chi connectivity index (χ0n) is 49.7. The average Bonchev–Trinajstić information content (AvgIpc) is 3.24. The highest BCUT2D eigenvalue weighted by atomic mass is 16.3. The third kappa shape index (κ3) is 14.5. The van der Waals surface area contributed by atoms with E-state index in [0.717, 1.165) is 63.8 Å². The lowest BCUT2D eigenvalue weighted by Gasteiger charge is -2.28. The van der Waals surface area contributed by atoms with Crippen LogP contribution in [0.3, 0.4) is 0 Å². The van der Waals surface area contributed by atoms with Crippen LogP contribution in [-0.4, -0.2) is 46.4 Å². The van der Waals surface area contributed by atoms with Crippen LogP contribution in [0.2, 0.25) is 0 Å². The molecule has 3 aromatic carbocycles. The highest BCUT2D eigenvalue weighted by Crippen LogP contribution is 2.43. The van der Waals surface area contributed by atoms with Gasteiger partial charge in [0.1, 0.15) is 17.2 Å². The molecule has 75 heavy (non-hydrogen) atoms. The molecule has 1 heterocycles. The van der Waals surface area contributed by atoms with Gasteiger partial charge in [-0.15, -0.1) is 0 Å². The van der Waals surface area contributed by atoms with E-state index in [1.54, 1.807) is 0 Å². The molecule has 0 saturated carbocycles. The summed E-state index contributed by atoms with van der Waals surface area (Å²) in [5.74, 6) is -0.572. The maximum Gasteiger partial charge on any atom is 0.337 e. The van der Waals surface area contributed by atoms with Crippen molar-refractivity contribution in [1.82, 2.24) is 13.7 Å². The van der Waals surface area contributed by atoms with Gasteiger partial charge >= 0.3 is 17.1 Å². The first-order valence-corrected chi connectivity index (χ1v) is 27.2. The smallest absolute Gasteiger partial charge is 0.337 e. The molecule has 0 aliphatic carbocycles. The van der Waals surface area contributed by atoms with Crippen LogP contribution in [0.5, 0.6) is 17.2 Å². The number of rotatable bonds is 18. The summed E-state index contributed by atoms with van der Waals surface area (Å²) < 4.78 is 2.18. The molecule has 0 spiro atoms. The Labute approximate surface area is 448 Å². The third-order valence-corrected chi connectivity index (χ3v) is 14.8. The fourth-order valence-electron chi connectivity index (χ4n) is 9.99. The van der Waals surface area contributed by atoms with E-state index in [1.807, 2.05) is 161 Å². The molecule has 0 bridgehead atoms. The number of ketones is 3. The Morgan fingerprint density at radius 1 is 0.360 bits per heavy atom. The van der Waals surface area contributed by atoms with Gasteiger partial charge in [-0.05, 0) is 142 Å². The highest BCUT2D eigenvalue weighted by Gasteiger charge is 2.33. The van der Waals surface area contributed by atoms with Crippen molar-refractivity contribution in [2.24, 2.45) is 0 Å². The van der Waals surface area contributed by atoms with E-state index >= 15 is 0 Å². The highest BCUT2D eigenvalue weighted by molar-refractivity contribution is 5.83. The van der Waals surface area contributed by atoms with Crippen molar-refractivity contribution in [3.63, 3.8) is 0 Å². The lowest BCUT2D eigenvalue weighted by Crippen LogP contribution is -2.58. The molecule has 0 saturated heterocycles. The van der Waals surface area contributed by atoms with E-state index in [9.17, 15) is 44.1 Å². The normalized spacial score (nSPS) is 14.2. The Kier molecular flexibility index (Phi) is 18.7. The van der Waals surface area contributed by atoms with Gasteiger partial charge in [0.05, 0.1) is 18.1 Å². The third-order valence-electron chi connectivity index (χ3n) is 14.8. The molecule has 3 N–H and O–H groups in total. The number of phenols is 3. The summed E-state index contributed by atoms with van der Waals surface area (Å²) in [4.78, 5) is 86.5. The Morgan fingerprint density at radius 2 is 0.520 bits per heavy atom. The van der Waals surface area contributed by atoms with Crippen LogP contribution < -0.4 is 17.1 Å². The Bertz CT molecular complexity index is 2510. The van der Waals surface area contributed by atoms with Gasteiger partial charge in [-0.25, -0.2) is 28.1 Å². The number of carbonyl (C=O) groups excluding carboxylic acids is 3. The molecule has 1 aromatic heterocycles. The SMILES string of the molecule is CC(C(=O)CCCc1cc(C(C)(C)C)c(O)c(C(C)(C)C)c1)n1c(=O)n(C(C)C(=O)CCCc2cc(C(C)(C)C)c(O)c(C(C)(C)C)c2)c(=O)n(C(C)C(=O)CCCc2cc(C(C)(C)C)c(O)c(C(C)(C)C)c2)c1=O. The molecule has 0 aliphatic heterocycles. The van der Waals surface area contributed by atoms with Gasteiger partial charge in [0.25, 0.3) is 0 Å². The van der Waals surface area contributed by atoms with Crippen molar-refractivity contribution in [2.75, 3.05) is 0 Å². The molecule has 3 unspecified atom stereocenters. The number of nitrogens with zero attached hydrogens (tertiary/aromatic N) is 3. The standard InChI is InChI=1S/C63H93N3O9/c1-37(49(67)28-22-25-40-31-43(58(4,5)6)52(70)44(32-40)59(7,8)9)64-55(73)65(38(2)50(68)29-23-26-41-33-45(60(10,11)12)53(71)46(34-41)61(13,14)15)57(75)66(56(64)74)39(3)51(69)30-24-27-42-35-47(62(16,17)18)54(72)48(36-42)63(19,20)21/h31-39,70-72H,22-30H2,1-21H3. The minimum Gasteiger partial charge on any atom is -0.507 e. The number of hydrogen-bond donors (Lipinski definition) is 3. The predicted octanol–water partition coefficient (Wildman–Crippen LogP) is 12.5. The fraction of sp³-hybridized carbons (Fsp3) is 0.619. The molecule has 3 atom stereocenters. The molecule has 0 amide bonds. The molecular formula is C63H93N3O9. The molecule has 0 fully saturated rings. The van der Waals surface area contributed by atoms with Gasteiger partial charge in [0, 0.05) is 19.3 Å². The van der Waals surface area contributed by atoms with E-state index in [4.69, 9.17) is 0 Å². The second-order valence-electron chi connectivity index (χ2n) is 27.6. The fourth-order valence-corrected chi connectivity index (χ4v) is 9.99. The van der Waals surface area contributed by atoms with E-state index in [0.29, 0.717) is 38.5 Å². The summed E-state index contributed by atoms with van der Waals surface area (Å²) in [7, 11) is 0. The molecule has 4 aromatic rings. The number of aromatic nitrogens is 3. The maximum atomic E-state index is 14.6. The van der Waals surface area contributed by atoms with Crippen LogP contribution >= 0.6 is 0 Å². The molecule has 12 heteroatoms. The van der Waals surface area contributed by atoms with Gasteiger partial charge in [0.2, 0.25) is 0 Å². The first-order chi connectivity index (χ1) is 34.0. The molecule has 0 aliphatic rings. The summed E-state index contributed by atoms with van der Waals surface area (Å²) in [6, 6.07) is 7.71. The lowest BCUT2D eigenvalue weighted by molar-refractivity contribution is -0.122. The van der Waals surface area contributed by atoms with E-state index < -0.39 is 52.5 Å². The van der Waals surface area contributed by atoms with Crippen molar-refractivity contribution in [2.45, 2.75) is 254 Å². The van der Waals surface area contributed by atoms with Crippen LogP contribution in [0.4, 0.5) is 0 Å². The van der Waals surface area contributed by atoms with Crippen LogP contribution in [-0.2, 0) is 66.1 Å². The quantitative estimate of drug-likeness (QED) is 0.0875. The minimum atomic E-state index is -1.35. The summed E-state index contributed by atoms with van der Waals surface area (Å²) >= 11 is 0. The van der Waals surface area contributed by atoms with Crippen LogP contribution in [0.1, 0.15) is 252 Å². The average molecular weight is 1040 g/mol. The Hall–Kier alpha value is -5.52. The molecule has 414 valence electrons. The first kappa shape index (κ1) is 62.0. The predicted molar refractivity (Wildman–Crippen MR) is 304 cm³/mol. The zero-order chi connectivity index (χ0) is 57.5. The van der Waals surface area contributed by atoms with Crippen molar-refractivity contribution in [1.29, 1.82) is 0 Å². The number of aromatic hydroxyl groups is 3. The van der Waals surface area contributed by atoms with Crippen molar-refractivity contribution in [3.05, 3.63) is 118 Å². The van der Waals surface area contributed by atoms with Crippen LogP contribution in [0, 0.1) is 0 Å². The number of benzene rings is 3. The molecular weight excluding hydrogens is 943 g/mol. The van der Waals surface area contributed by atoms with Crippen molar-refractivity contribution >= 4 is 17.3 Å². The van der Waals surface area contributed by atoms with Crippen molar-refractivity contribution in [3.8, 4) is 17.2 Å². The molecule has 0 radical (unpaired) electrons. The Balaban J connectivity index is 1.73. The number of phenolic OH excluding ortho intramolecular Hbond substituents is 3. The maximum absolute atomic E-state index is 14.6. The van der Waals surface area contributed by atoms with E-state index in [-0.39, 0.29) is 69.0 Å². The lowest BCUT2D eigenvalue weighted by atomic mass is 9.78. The largest absolute Gasteiger partial charge is 0.507 e. The number of aryl methyl sites for hydroxylation is 3. The molecule has 12 nitrogen and oxygen atoms in total. The summed E-state index contributed by atoms with van der Waals surface area (Å²) in [6.45, 7) is 40.8.